The van der Waals surface area contributed by atoms with E-state index in [2.05, 4.69) is 24.4 Å². The van der Waals surface area contributed by atoms with Gasteiger partial charge in [0.1, 0.15) is 13.3 Å². The molecule has 0 fully saturated rings. The molecule has 39 heavy (non-hydrogen) atoms. The SMILES string of the molecule is CN(C)CCOc1cc2c(cc1OC(F)(F)F)cc(-c1ccc3cccc(Cl)c3n1)n2COCC[Si](C)(C)C. The smallest absolute Gasteiger partial charge is 0.488 e. The van der Waals surface area contributed by atoms with Gasteiger partial charge in [0.25, 0.3) is 0 Å². The number of benzene rings is 2. The summed E-state index contributed by atoms with van der Waals surface area (Å²) in [5.74, 6) is -0.393. The number of pyridine rings is 1. The van der Waals surface area contributed by atoms with E-state index in [0.29, 0.717) is 46.0 Å². The van der Waals surface area contributed by atoms with Crippen LogP contribution >= 0.6 is 11.6 Å². The van der Waals surface area contributed by atoms with Crippen LogP contribution in [-0.2, 0) is 11.5 Å². The van der Waals surface area contributed by atoms with Crippen LogP contribution in [0.2, 0.25) is 30.7 Å². The minimum absolute atomic E-state index is 0.00388. The maximum absolute atomic E-state index is 13.3. The lowest BCUT2D eigenvalue weighted by molar-refractivity contribution is -0.275. The Hall–Kier alpha value is -2.79. The molecule has 2 heterocycles. The van der Waals surface area contributed by atoms with Gasteiger partial charge >= 0.3 is 6.36 Å². The monoisotopic (exact) mass is 579 g/mol. The van der Waals surface area contributed by atoms with Crippen LogP contribution in [0.25, 0.3) is 33.2 Å². The fraction of sp³-hybridized carbons (Fsp3) is 0.393. The molecule has 0 aliphatic carbocycles. The summed E-state index contributed by atoms with van der Waals surface area (Å²) in [7, 11) is 2.40. The predicted octanol–water partition coefficient (Wildman–Crippen LogP) is 7.66. The molecule has 0 radical (unpaired) electrons. The van der Waals surface area contributed by atoms with Gasteiger partial charge in [-0.15, -0.1) is 13.2 Å². The molecule has 0 aliphatic heterocycles. The third kappa shape index (κ3) is 7.66. The van der Waals surface area contributed by atoms with Gasteiger partial charge in [-0.3, -0.25) is 0 Å². The second-order valence-electron chi connectivity index (χ2n) is 10.9. The lowest BCUT2D eigenvalue weighted by atomic mass is 10.1. The highest BCUT2D eigenvalue weighted by atomic mass is 35.5. The standard InChI is InChI=1S/C28H33ClF3N3O3Si/c1-34(2)11-12-37-25-17-23-20(16-26(25)38-28(30,31)32)15-24(35(23)18-36-13-14-39(3,4)5)22-10-9-19-7-6-8-21(29)27(19)33-22/h6-10,15-17H,11-14,18H2,1-5H3. The van der Waals surface area contributed by atoms with E-state index in [1.54, 1.807) is 18.2 Å². The minimum atomic E-state index is -4.87. The van der Waals surface area contributed by atoms with Gasteiger partial charge in [0, 0.05) is 38.1 Å². The molecule has 210 valence electrons. The molecular weight excluding hydrogens is 547 g/mol. The molecule has 0 atom stereocenters. The molecule has 0 bridgehead atoms. The summed E-state index contributed by atoms with van der Waals surface area (Å²) in [6, 6.07) is 15.0. The van der Waals surface area contributed by atoms with E-state index in [9.17, 15) is 13.2 Å². The van der Waals surface area contributed by atoms with Crippen LogP contribution in [-0.4, -0.2) is 62.7 Å². The van der Waals surface area contributed by atoms with Crippen molar-refractivity contribution in [3.05, 3.63) is 53.6 Å². The average Bonchev–Trinajstić information content (AvgIpc) is 3.17. The number of likely N-dealkylation sites (N-methyl/N-ethyl adjacent to an activating group) is 1. The molecular formula is C28H33ClF3N3O3Si. The second kappa shape index (κ2) is 11.8. The number of alkyl halides is 3. The summed E-state index contributed by atoms with van der Waals surface area (Å²) in [4.78, 5) is 6.67. The first-order valence-electron chi connectivity index (χ1n) is 12.6. The zero-order valence-corrected chi connectivity index (χ0v) is 24.5. The zero-order chi connectivity index (χ0) is 28.4. The van der Waals surface area contributed by atoms with Crippen molar-refractivity contribution in [2.45, 2.75) is 38.8 Å². The summed E-state index contributed by atoms with van der Waals surface area (Å²) in [6.45, 7) is 8.31. The van der Waals surface area contributed by atoms with Crippen molar-refractivity contribution in [1.29, 1.82) is 0 Å². The summed E-state index contributed by atoms with van der Waals surface area (Å²) in [5.41, 5.74) is 2.59. The van der Waals surface area contributed by atoms with E-state index < -0.39 is 20.2 Å². The molecule has 0 aliphatic rings. The van der Waals surface area contributed by atoms with Gasteiger partial charge in [-0.2, -0.15) is 0 Å². The van der Waals surface area contributed by atoms with Gasteiger partial charge in [-0.05, 0) is 44.4 Å². The molecule has 4 rings (SSSR count). The van der Waals surface area contributed by atoms with Crippen LogP contribution < -0.4 is 9.47 Å². The van der Waals surface area contributed by atoms with Gasteiger partial charge in [-0.1, -0.05) is 49.4 Å². The lowest BCUT2D eigenvalue weighted by Crippen LogP contribution is -2.22. The minimum Gasteiger partial charge on any atom is -0.488 e. The predicted molar refractivity (Wildman–Crippen MR) is 153 cm³/mol. The molecule has 0 spiro atoms. The number of ether oxygens (including phenoxy) is 3. The topological polar surface area (TPSA) is 48.8 Å². The first-order chi connectivity index (χ1) is 18.3. The molecule has 0 saturated heterocycles. The van der Waals surface area contributed by atoms with Crippen LogP contribution in [0.4, 0.5) is 13.2 Å². The Morgan fingerprint density at radius 3 is 2.44 bits per heavy atom. The van der Waals surface area contributed by atoms with E-state index in [-0.39, 0.29) is 19.1 Å². The number of aromatic nitrogens is 2. The van der Waals surface area contributed by atoms with Gasteiger partial charge in [-0.25, -0.2) is 4.98 Å². The highest BCUT2D eigenvalue weighted by molar-refractivity contribution is 6.76. The van der Waals surface area contributed by atoms with Crippen LogP contribution in [0, 0.1) is 0 Å². The summed E-state index contributed by atoms with van der Waals surface area (Å²) in [6.07, 6.45) is -4.87. The maximum Gasteiger partial charge on any atom is 0.573 e. The maximum atomic E-state index is 13.3. The fourth-order valence-electron chi connectivity index (χ4n) is 4.06. The third-order valence-electron chi connectivity index (χ3n) is 6.14. The molecule has 0 unspecified atom stereocenters. The Kier molecular flexibility index (Phi) is 8.80. The number of fused-ring (bicyclic) bond motifs is 2. The quantitative estimate of drug-likeness (QED) is 0.135. The molecule has 0 amide bonds. The van der Waals surface area contributed by atoms with Crippen molar-refractivity contribution < 1.29 is 27.4 Å². The average molecular weight is 580 g/mol. The van der Waals surface area contributed by atoms with Gasteiger partial charge in [0.2, 0.25) is 0 Å². The van der Waals surface area contributed by atoms with E-state index in [1.807, 2.05) is 47.8 Å². The van der Waals surface area contributed by atoms with Crippen LogP contribution in [0.1, 0.15) is 0 Å². The van der Waals surface area contributed by atoms with Crippen LogP contribution in [0.5, 0.6) is 11.5 Å². The number of nitrogens with zero attached hydrogens (tertiary/aromatic N) is 3. The van der Waals surface area contributed by atoms with Gasteiger partial charge < -0.3 is 23.7 Å². The normalized spacial score (nSPS) is 12.6. The first kappa shape index (κ1) is 29.2. The van der Waals surface area contributed by atoms with Crippen molar-refractivity contribution in [3.63, 3.8) is 0 Å². The number of para-hydroxylation sites is 1. The Bertz CT molecular complexity index is 1450. The Morgan fingerprint density at radius 2 is 1.74 bits per heavy atom. The van der Waals surface area contributed by atoms with Crippen molar-refractivity contribution in [2.24, 2.45) is 0 Å². The highest BCUT2D eigenvalue weighted by Gasteiger charge is 2.33. The molecule has 11 heteroatoms. The van der Waals surface area contributed by atoms with Crippen molar-refractivity contribution in [3.8, 4) is 22.9 Å². The molecule has 0 saturated carbocycles. The van der Waals surface area contributed by atoms with E-state index in [1.165, 1.54) is 6.07 Å². The molecule has 2 aromatic carbocycles. The molecule has 2 aromatic heterocycles. The van der Waals surface area contributed by atoms with Crippen molar-refractivity contribution >= 4 is 41.5 Å². The Labute approximate surface area is 232 Å². The number of rotatable bonds is 11. The van der Waals surface area contributed by atoms with E-state index in [0.717, 1.165) is 11.4 Å². The van der Waals surface area contributed by atoms with Crippen molar-refractivity contribution in [2.75, 3.05) is 33.9 Å². The summed E-state index contributed by atoms with van der Waals surface area (Å²) in [5, 5.41) is 1.94. The summed E-state index contributed by atoms with van der Waals surface area (Å²) < 4.78 is 57.9. The van der Waals surface area contributed by atoms with Gasteiger partial charge in [0.15, 0.2) is 11.5 Å². The first-order valence-corrected chi connectivity index (χ1v) is 16.7. The molecule has 0 N–H and O–H groups in total. The van der Waals surface area contributed by atoms with Crippen LogP contribution in [0.15, 0.2) is 48.5 Å². The van der Waals surface area contributed by atoms with Gasteiger partial charge in [0.05, 0.1) is 27.4 Å². The lowest BCUT2D eigenvalue weighted by Gasteiger charge is -2.18. The van der Waals surface area contributed by atoms with E-state index >= 15 is 0 Å². The third-order valence-corrected chi connectivity index (χ3v) is 8.15. The zero-order valence-electron chi connectivity index (χ0n) is 22.7. The number of hydrogen-bond donors (Lipinski definition) is 0. The van der Waals surface area contributed by atoms with E-state index in [4.69, 9.17) is 26.1 Å². The Balaban J connectivity index is 1.82. The van der Waals surface area contributed by atoms with Crippen LogP contribution in [0.3, 0.4) is 0 Å². The van der Waals surface area contributed by atoms with Crippen molar-refractivity contribution in [1.82, 2.24) is 14.5 Å². The fourth-order valence-corrected chi connectivity index (χ4v) is 5.04. The highest BCUT2D eigenvalue weighted by Crippen LogP contribution is 2.39. The molecule has 6 nitrogen and oxygen atoms in total. The Morgan fingerprint density at radius 1 is 0.974 bits per heavy atom. The number of halogens is 4. The largest absolute Gasteiger partial charge is 0.573 e. The summed E-state index contributed by atoms with van der Waals surface area (Å²) >= 11 is 6.42. The second-order valence-corrected chi connectivity index (χ2v) is 16.9. The number of hydrogen-bond acceptors (Lipinski definition) is 5. The molecule has 4 aromatic rings.